The van der Waals surface area contributed by atoms with E-state index in [0.29, 0.717) is 6.54 Å². The number of sulfonamides is 1. The van der Waals surface area contributed by atoms with E-state index in [0.717, 1.165) is 12.1 Å². The normalized spacial score (nSPS) is 13.5. The maximum Gasteiger partial charge on any atom is 0.215 e. The number of pyridine rings is 1. The number of hydrogen-bond acceptors (Lipinski definition) is 4. The van der Waals surface area contributed by atoms with E-state index in [1.54, 1.807) is 25.4 Å². The van der Waals surface area contributed by atoms with Crippen LogP contribution in [0.15, 0.2) is 24.5 Å². The van der Waals surface area contributed by atoms with Gasteiger partial charge < -0.3 is 5.32 Å². The molecule has 2 N–H and O–H groups in total. The van der Waals surface area contributed by atoms with Crippen LogP contribution in [0.4, 0.5) is 0 Å². The molecule has 1 aromatic rings. The van der Waals surface area contributed by atoms with Crippen LogP contribution in [-0.4, -0.2) is 31.7 Å². The van der Waals surface area contributed by atoms with Crippen LogP contribution in [0.2, 0.25) is 0 Å². The lowest BCUT2D eigenvalue weighted by molar-refractivity contribution is 0.559. The summed E-state index contributed by atoms with van der Waals surface area (Å²) in [7, 11) is -3.27. The minimum atomic E-state index is -3.27. The van der Waals surface area contributed by atoms with E-state index < -0.39 is 15.3 Å². The van der Waals surface area contributed by atoms with E-state index in [-0.39, 0.29) is 6.54 Å². The van der Waals surface area contributed by atoms with Gasteiger partial charge in [0, 0.05) is 25.5 Å². The zero-order valence-electron chi connectivity index (χ0n) is 10.2. The van der Waals surface area contributed by atoms with Gasteiger partial charge in [0.2, 0.25) is 10.0 Å². The molecule has 6 heteroatoms. The van der Waals surface area contributed by atoms with Crippen molar-refractivity contribution in [3.63, 3.8) is 0 Å². The number of nitrogens with one attached hydrogen (secondary N) is 2. The second-order valence-electron chi connectivity index (χ2n) is 3.85. The van der Waals surface area contributed by atoms with Crippen LogP contribution >= 0.6 is 0 Å². The highest BCUT2D eigenvalue weighted by Gasteiger charge is 2.19. The van der Waals surface area contributed by atoms with Gasteiger partial charge in [-0.2, -0.15) is 0 Å². The van der Waals surface area contributed by atoms with Gasteiger partial charge in [-0.25, -0.2) is 13.1 Å². The van der Waals surface area contributed by atoms with Crippen molar-refractivity contribution in [2.24, 2.45) is 0 Å². The number of aromatic nitrogens is 1. The highest BCUT2D eigenvalue weighted by molar-refractivity contribution is 7.90. The van der Waals surface area contributed by atoms with Crippen molar-refractivity contribution in [1.82, 2.24) is 15.0 Å². The third-order valence-corrected chi connectivity index (χ3v) is 4.18. The van der Waals surface area contributed by atoms with Gasteiger partial charge in [0.15, 0.2) is 0 Å². The third kappa shape index (κ3) is 4.80. The molecule has 1 aromatic heterocycles. The zero-order valence-corrected chi connectivity index (χ0v) is 11.0. The second-order valence-corrected chi connectivity index (χ2v) is 6.03. The first-order chi connectivity index (χ1) is 8.06. The Labute approximate surface area is 103 Å². The largest absolute Gasteiger partial charge is 0.316 e. The van der Waals surface area contributed by atoms with Crippen molar-refractivity contribution in [3.05, 3.63) is 30.1 Å². The summed E-state index contributed by atoms with van der Waals surface area (Å²) in [5.41, 5.74) is 0.853. The molecular formula is C11H19N3O2S. The van der Waals surface area contributed by atoms with Gasteiger partial charge in [0.25, 0.3) is 0 Å². The quantitative estimate of drug-likeness (QED) is 0.746. The van der Waals surface area contributed by atoms with Crippen molar-refractivity contribution in [3.8, 4) is 0 Å². The molecule has 0 aliphatic carbocycles. The monoisotopic (exact) mass is 257 g/mol. The first-order valence-corrected chi connectivity index (χ1v) is 7.19. The Morgan fingerprint density at radius 1 is 1.47 bits per heavy atom. The molecule has 0 radical (unpaired) electrons. The van der Waals surface area contributed by atoms with Gasteiger partial charge in [-0.05, 0) is 25.1 Å². The number of rotatable bonds is 7. The minimum absolute atomic E-state index is 0.284. The molecule has 1 unspecified atom stereocenters. The molecule has 96 valence electrons. The molecule has 0 bridgehead atoms. The number of nitrogens with zero attached hydrogens (tertiary/aromatic N) is 1. The SMILES string of the molecule is CCNCC(C)S(=O)(=O)NCc1cccnc1. The van der Waals surface area contributed by atoms with Gasteiger partial charge in [-0.15, -0.1) is 0 Å². The lowest BCUT2D eigenvalue weighted by Gasteiger charge is -2.14. The predicted molar refractivity (Wildman–Crippen MR) is 68.0 cm³/mol. The molecule has 0 saturated carbocycles. The highest BCUT2D eigenvalue weighted by atomic mass is 32.2. The molecule has 17 heavy (non-hydrogen) atoms. The third-order valence-electron chi connectivity index (χ3n) is 2.41. The fraction of sp³-hybridized carbons (Fsp3) is 0.545. The van der Waals surface area contributed by atoms with E-state index >= 15 is 0 Å². The standard InChI is InChI=1S/C11H19N3O2S/c1-3-12-7-10(2)17(15,16)14-9-11-5-4-6-13-8-11/h4-6,8,10,12,14H,3,7,9H2,1-2H3. The lowest BCUT2D eigenvalue weighted by atomic mass is 10.3. The Balaban J connectivity index is 2.50. The van der Waals surface area contributed by atoms with Crippen LogP contribution in [0, 0.1) is 0 Å². The summed E-state index contributed by atoms with van der Waals surface area (Å²) in [6, 6.07) is 3.62. The van der Waals surface area contributed by atoms with E-state index in [1.807, 2.05) is 13.0 Å². The van der Waals surface area contributed by atoms with Gasteiger partial charge in [-0.3, -0.25) is 4.98 Å². The summed E-state index contributed by atoms with van der Waals surface area (Å²) in [4.78, 5) is 3.93. The van der Waals surface area contributed by atoms with E-state index in [9.17, 15) is 8.42 Å². The molecule has 1 rings (SSSR count). The summed E-state index contributed by atoms with van der Waals surface area (Å²) in [6.45, 7) is 5.14. The zero-order chi connectivity index (χ0) is 12.7. The maximum atomic E-state index is 11.8. The van der Waals surface area contributed by atoms with Crippen LogP contribution in [0.1, 0.15) is 19.4 Å². The van der Waals surface area contributed by atoms with Crippen LogP contribution in [-0.2, 0) is 16.6 Å². The molecule has 1 atom stereocenters. The molecule has 0 aliphatic heterocycles. The van der Waals surface area contributed by atoms with Crippen LogP contribution in [0.5, 0.6) is 0 Å². The van der Waals surface area contributed by atoms with E-state index in [1.165, 1.54) is 0 Å². The van der Waals surface area contributed by atoms with Gasteiger partial charge >= 0.3 is 0 Å². The van der Waals surface area contributed by atoms with Gasteiger partial charge in [0.05, 0.1) is 5.25 Å². The van der Waals surface area contributed by atoms with Crippen molar-refractivity contribution < 1.29 is 8.42 Å². The first kappa shape index (κ1) is 14.1. The topological polar surface area (TPSA) is 71.1 Å². The maximum absolute atomic E-state index is 11.8. The summed E-state index contributed by atoms with van der Waals surface area (Å²) >= 11 is 0. The number of hydrogen-bond donors (Lipinski definition) is 2. The van der Waals surface area contributed by atoms with E-state index in [4.69, 9.17) is 0 Å². The van der Waals surface area contributed by atoms with E-state index in [2.05, 4.69) is 15.0 Å². The minimum Gasteiger partial charge on any atom is -0.316 e. The lowest BCUT2D eigenvalue weighted by Crippen LogP contribution is -2.38. The Morgan fingerprint density at radius 3 is 2.82 bits per heavy atom. The molecule has 0 spiro atoms. The molecule has 0 saturated heterocycles. The fourth-order valence-corrected chi connectivity index (χ4v) is 2.28. The average Bonchev–Trinajstić information content (AvgIpc) is 2.35. The van der Waals surface area contributed by atoms with Gasteiger partial charge in [-0.1, -0.05) is 13.0 Å². The van der Waals surface area contributed by atoms with Crippen LogP contribution in [0.25, 0.3) is 0 Å². The molecule has 1 heterocycles. The van der Waals surface area contributed by atoms with Gasteiger partial charge in [0.1, 0.15) is 0 Å². The molecule has 5 nitrogen and oxygen atoms in total. The molecule has 0 amide bonds. The smallest absolute Gasteiger partial charge is 0.215 e. The van der Waals surface area contributed by atoms with Crippen LogP contribution < -0.4 is 10.0 Å². The molecule has 0 aliphatic rings. The molecule has 0 aromatic carbocycles. The Morgan fingerprint density at radius 2 is 2.24 bits per heavy atom. The summed E-state index contributed by atoms with van der Waals surface area (Å²) in [5, 5.41) is 2.58. The van der Waals surface area contributed by atoms with Crippen molar-refractivity contribution in [1.29, 1.82) is 0 Å². The summed E-state index contributed by atoms with van der Waals surface area (Å²) in [5.74, 6) is 0. The highest BCUT2D eigenvalue weighted by Crippen LogP contribution is 2.00. The predicted octanol–water partition coefficient (Wildman–Crippen LogP) is 0.499. The first-order valence-electron chi connectivity index (χ1n) is 5.64. The van der Waals surface area contributed by atoms with Crippen molar-refractivity contribution >= 4 is 10.0 Å². The van der Waals surface area contributed by atoms with Crippen LogP contribution in [0.3, 0.4) is 0 Å². The Hall–Kier alpha value is -0.980. The van der Waals surface area contributed by atoms with Crippen molar-refractivity contribution in [2.75, 3.05) is 13.1 Å². The fourth-order valence-electron chi connectivity index (χ4n) is 1.29. The summed E-state index contributed by atoms with van der Waals surface area (Å²) < 4.78 is 26.3. The van der Waals surface area contributed by atoms with Crippen molar-refractivity contribution in [2.45, 2.75) is 25.6 Å². The summed E-state index contributed by atoms with van der Waals surface area (Å²) in [6.07, 6.45) is 3.31. The molecular weight excluding hydrogens is 238 g/mol. The Kier molecular flexibility index (Phi) is 5.54. The average molecular weight is 257 g/mol. The second kappa shape index (κ2) is 6.68. The molecule has 0 fully saturated rings. The Bertz CT molecular complexity index is 420.